The van der Waals surface area contributed by atoms with E-state index in [9.17, 15) is 19.5 Å². The van der Waals surface area contributed by atoms with Crippen molar-refractivity contribution in [2.24, 2.45) is 11.8 Å². The summed E-state index contributed by atoms with van der Waals surface area (Å²) in [6.45, 7) is 2.07. The summed E-state index contributed by atoms with van der Waals surface area (Å²) in [4.78, 5) is 39.7. The fourth-order valence-corrected chi connectivity index (χ4v) is 4.44. The number of likely N-dealkylation sites (tertiary alicyclic amines) is 1. The molecule has 2 aliphatic rings. The predicted octanol–water partition coefficient (Wildman–Crippen LogP) is 2.73. The van der Waals surface area contributed by atoms with Crippen molar-refractivity contribution in [2.75, 3.05) is 19.6 Å². The van der Waals surface area contributed by atoms with Crippen molar-refractivity contribution in [2.45, 2.75) is 51.0 Å². The van der Waals surface area contributed by atoms with E-state index in [0.717, 1.165) is 38.8 Å². The largest absolute Gasteiger partial charge is 0.480 e. The van der Waals surface area contributed by atoms with Crippen LogP contribution in [0.1, 0.15) is 55.3 Å². The Kier molecular flexibility index (Phi) is 7.20. The second kappa shape index (κ2) is 9.82. The van der Waals surface area contributed by atoms with Crippen LogP contribution < -0.4 is 5.32 Å². The molecular weight excluding hydrogens is 356 g/mol. The molecule has 0 bridgehead atoms. The first-order chi connectivity index (χ1) is 13.6. The molecule has 0 spiro atoms. The van der Waals surface area contributed by atoms with E-state index < -0.39 is 17.9 Å². The van der Waals surface area contributed by atoms with Crippen molar-refractivity contribution in [3.63, 3.8) is 0 Å². The number of ketones is 1. The van der Waals surface area contributed by atoms with Crippen LogP contribution in [0.4, 0.5) is 0 Å². The van der Waals surface area contributed by atoms with Crippen LogP contribution in [0.25, 0.3) is 0 Å². The van der Waals surface area contributed by atoms with Crippen molar-refractivity contribution in [3.05, 3.63) is 35.9 Å². The smallest absolute Gasteiger partial charge is 0.327 e. The molecule has 3 rings (SSSR count). The number of nitrogens with one attached hydrogen (secondary N) is 1. The Labute approximate surface area is 166 Å². The van der Waals surface area contributed by atoms with Crippen LogP contribution in [0.3, 0.4) is 0 Å². The lowest BCUT2D eigenvalue weighted by Crippen LogP contribution is -2.52. The summed E-state index contributed by atoms with van der Waals surface area (Å²) < 4.78 is 0. The zero-order chi connectivity index (χ0) is 19.9. The first kappa shape index (κ1) is 20.5. The standard InChI is InChI=1S/C22H30N2O4/c25-20(16-9-3-1-4-10-16)17-11-5-6-12-18(17)21(26)23-19(22(27)28)15-24-13-7-2-8-14-24/h1,3-4,9-10,17-19H,2,5-8,11-15H2,(H,23,26)(H,27,28)/t17-,18+,19?/m0/s1. The molecule has 0 aromatic heterocycles. The van der Waals surface area contributed by atoms with E-state index in [4.69, 9.17) is 0 Å². The first-order valence-corrected chi connectivity index (χ1v) is 10.4. The molecule has 152 valence electrons. The van der Waals surface area contributed by atoms with Crippen molar-refractivity contribution >= 4 is 17.7 Å². The number of nitrogens with zero attached hydrogens (tertiary/aromatic N) is 1. The Morgan fingerprint density at radius 2 is 1.61 bits per heavy atom. The number of benzene rings is 1. The quantitative estimate of drug-likeness (QED) is 0.704. The summed E-state index contributed by atoms with van der Waals surface area (Å²) in [6.07, 6.45) is 6.42. The number of aliphatic carboxylic acids is 1. The van der Waals surface area contributed by atoms with Crippen LogP contribution in [-0.4, -0.2) is 53.3 Å². The lowest BCUT2D eigenvalue weighted by atomic mass is 9.75. The van der Waals surface area contributed by atoms with Crippen LogP contribution in [0.2, 0.25) is 0 Å². The van der Waals surface area contributed by atoms with Gasteiger partial charge in [-0.15, -0.1) is 0 Å². The Hall–Kier alpha value is -2.21. The van der Waals surface area contributed by atoms with Gasteiger partial charge in [-0.05, 0) is 38.8 Å². The van der Waals surface area contributed by atoms with E-state index in [2.05, 4.69) is 10.2 Å². The maximum absolute atomic E-state index is 13.0. The van der Waals surface area contributed by atoms with Gasteiger partial charge >= 0.3 is 5.97 Å². The normalized spacial score (nSPS) is 24.3. The molecule has 1 saturated heterocycles. The molecule has 6 heteroatoms. The second-order valence-corrected chi connectivity index (χ2v) is 7.99. The molecule has 2 fully saturated rings. The van der Waals surface area contributed by atoms with Gasteiger partial charge < -0.3 is 15.3 Å². The van der Waals surface area contributed by atoms with Gasteiger partial charge in [-0.1, -0.05) is 49.6 Å². The molecule has 1 aromatic carbocycles. The second-order valence-electron chi connectivity index (χ2n) is 7.99. The molecule has 6 nitrogen and oxygen atoms in total. The van der Waals surface area contributed by atoms with Gasteiger partial charge in [-0.3, -0.25) is 9.59 Å². The predicted molar refractivity (Wildman–Crippen MR) is 106 cm³/mol. The molecule has 1 heterocycles. The van der Waals surface area contributed by atoms with Gasteiger partial charge in [0.25, 0.3) is 0 Å². The number of carboxylic acid groups (broad SMARTS) is 1. The zero-order valence-corrected chi connectivity index (χ0v) is 16.3. The van der Waals surface area contributed by atoms with E-state index in [-0.39, 0.29) is 17.6 Å². The van der Waals surface area contributed by atoms with Gasteiger partial charge in [-0.2, -0.15) is 0 Å². The molecule has 1 amide bonds. The molecule has 3 atom stereocenters. The average molecular weight is 386 g/mol. The number of carbonyl (C=O) groups excluding carboxylic acids is 2. The lowest BCUT2D eigenvalue weighted by molar-refractivity contribution is -0.143. The van der Waals surface area contributed by atoms with Gasteiger partial charge in [0.15, 0.2) is 5.78 Å². The van der Waals surface area contributed by atoms with E-state index in [0.29, 0.717) is 24.9 Å². The van der Waals surface area contributed by atoms with E-state index in [1.165, 1.54) is 6.42 Å². The zero-order valence-electron chi connectivity index (χ0n) is 16.3. The number of hydrogen-bond donors (Lipinski definition) is 2. The van der Waals surface area contributed by atoms with Crippen molar-refractivity contribution in [1.82, 2.24) is 10.2 Å². The number of carboxylic acids is 1. The summed E-state index contributed by atoms with van der Waals surface area (Å²) in [5.41, 5.74) is 0.621. The molecule has 1 aromatic rings. The third-order valence-corrected chi connectivity index (χ3v) is 6.00. The van der Waals surface area contributed by atoms with Crippen molar-refractivity contribution in [3.8, 4) is 0 Å². The Morgan fingerprint density at radius 1 is 0.964 bits per heavy atom. The molecule has 2 N–H and O–H groups in total. The average Bonchev–Trinajstić information content (AvgIpc) is 2.74. The van der Waals surface area contributed by atoms with Crippen LogP contribution in [-0.2, 0) is 9.59 Å². The fourth-order valence-electron chi connectivity index (χ4n) is 4.44. The molecular formula is C22H30N2O4. The Balaban J connectivity index is 1.67. The van der Waals surface area contributed by atoms with Gasteiger partial charge in [0, 0.05) is 23.9 Å². The summed E-state index contributed by atoms with van der Waals surface area (Å²) >= 11 is 0. The van der Waals surface area contributed by atoms with Gasteiger partial charge in [0.1, 0.15) is 6.04 Å². The minimum Gasteiger partial charge on any atom is -0.480 e. The molecule has 28 heavy (non-hydrogen) atoms. The highest BCUT2D eigenvalue weighted by Gasteiger charge is 2.37. The first-order valence-electron chi connectivity index (χ1n) is 10.4. The van der Waals surface area contributed by atoms with Crippen LogP contribution in [0.5, 0.6) is 0 Å². The van der Waals surface area contributed by atoms with E-state index in [1.807, 2.05) is 18.2 Å². The van der Waals surface area contributed by atoms with Crippen LogP contribution in [0, 0.1) is 11.8 Å². The third kappa shape index (κ3) is 5.19. The number of amides is 1. The minimum atomic E-state index is -1.01. The molecule has 1 aliphatic heterocycles. The van der Waals surface area contributed by atoms with Crippen LogP contribution in [0.15, 0.2) is 30.3 Å². The summed E-state index contributed by atoms with van der Waals surface area (Å²) in [5, 5.41) is 12.3. The number of hydrogen-bond acceptors (Lipinski definition) is 4. The van der Waals surface area contributed by atoms with E-state index >= 15 is 0 Å². The SMILES string of the molecule is O=C(O)C(CN1CCCCC1)NC(=O)[C@@H]1CCCC[C@@H]1C(=O)c1ccccc1. The summed E-state index contributed by atoms with van der Waals surface area (Å²) in [5.74, 6) is -2.15. The monoisotopic (exact) mass is 386 g/mol. The topological polar surface area (TPSA) is 86.7 Å². The maximum atomic E-state index is 13.0. The highest BCUT2D eigenvalue weighted by Crippen LogP contribution is 2.33. The molecule has 1 saturated carbocycles. The lowest BCUT2D eigenvalue weighted by Gasteiger charge is -2.32. The minimum absolute atomic E-state index is 0.0108. The van der Waals surface area contributed by atoms with Crippen LogP contribution >= 0.6 is 0 Å². The maximum Gasteiger partial charge on any atom is 0.327 e. The Bertz CT molecular complexity index is 685. The number of piperidine rings is 1. The van der Waals surface area contributed by atoms with Crippen molar-refractivity contribution in [1.29, 1.82) is 0 Å². The number of rotatable bonds is 7. The third-order valence-electron chi connectivity index (χ3n) is 6.00. The Morgan fingerprint density at radius 3 is 2.25 bits per heavy atom. The number of carbonyl (C=O) groups is 3. The van der Waals surface area contributed by atoms with Gasteiger partial charge in [0.2, 0.25) is 5.91 Å². The van der Waals surface area contributed by atoms with Gasteiger partial charge in [-0.25, -0.2) is 4.79 Å². The van der Waals surface area contributed by atoms with E-state index in [1.54, 1.807) is 12.1 Å². The summed E-state index contributed by atoms with van der Waals surface area (Å²) in [6, 6.07) is 8.14. The molecule has 1 unspecified atom stereocenters. The molecule has 1 aliphatic carbocycles. The molecule has 0 radical (unpaired) electrons. The fraction of sp³-hybridized carbons (Fsp3) is 0.591. The highest BCUT2D eigenvalue weighted by molar-refractivity contribution is 6.01. The highest BCUT2D eigenvalue weighted by atomic mass is 16.4. The number of Topliss-reactive ketones (excluding diaryl/α,β-unsaturated/α-hetero) is 1. The summed E-state index contributed by atoms with van der Waals surface area (Å²) in [7, 11) is 0. The van der Waals surface area contributed by atoms with Gasteiger partial charge in [0.05, 0.1) is 0 Å². The van der Waals surface area contributed by atoms with Crippen molar-refractivity contribution < 1.29 is 19.5 Å².